The van der Waals surface area contributed by atoms with Gasteiger partial charge >= 0.3 is 0 Å². The molecule has 0 amide bonds. The molecule has 120 valence electrons. The smallest absolute Gasteiger partial charge is 0.119 e. The van der Waals surface area contributed by atoms with Crippen molar-refractivity contribution in [1.82, 2.24) is 5.32 Å². The number of hydrogen-bond acceptors (Lipinski definition) is 5. The third-order valence-electron chi connectivity index (χ3n) is 3.14. The predicted octanol–water partition coefficient (Wildman–Crippen LogP) is 1.76. The Kier molecular flexibility index (Phi) is 9.01. The molecule has 0 saturated carbocycles. The lowest BCUT2D eigenvalue weighted by molar-refractivity contribution is 0.00586. The molecule has 0 aliphatic heterocycles. The van der Waals surface area contributed by atoms with Crippen LogP contribution in [-0.4, -0.2) is 51.3 Å². The molecule has 5 heteroatoms. The van der Waals surface area contributed by atoms with E-state index in [4.69, 9.17) is 14.2 Å². The van der Waals surface area contributed by atoms with Crippen LogP contribution in [0.4, 0.5) is 0 Å². The van der Waals surface area contributed by atoms with Gasteiger partial charge in [-0.1, -0.05) is 12.1 Å². The van der Waals surface area contributed by atoms with Gasteiger partial charge in [0.15, 0.2) is 0 Å². The van der Waals surface area contributed by atoms with E-state index in [-0.39, 0.29) is 6.04 Å². The van der Waals surface area contributed by atoms with Gasteiger partial charge in [0.1, 0.15) is 5.75 Å². The SMILES string of the molecule is CCOCCOCC(O)CN[C@H](C)c1cccc(OC)c1. The molecule has 2 atom stereocenters. The van der Waals surface area contributed by atoms with Gasteiger partial charge < -0.3 is 24.6 Å². The summed E-state index contributed by atoms with van der Waals surface area (Å²) in [6.45, 7) is 6.55. The van der Waals surface area contributed by atoms with Gasteiger partial charge in [0.2, 0.25) is 0 Å². The van der Waals surface area contributed by atoms with Gasteiger partial charge in [0.05, 0.1) is 33.0 Å². The van der Waals surface area contributed by atoms with Crippen LogP contribution >= 0.6 is 0 Å². The molecule has 5 nitrogen and oxygen atoms in total. The summed E-state index contributed by atoms with van der Waals surface area (Å²) >= 11 is 0. The van der Waals surface area contributed by atoms with Crippen molar-refractivity contribution >= 4 is 0 Å². The minimum absolute atomic E-state index is 0.137. The van der Waals surface area contributed by atoms with Crippen molar-refractivity contribution in [2.75, 3.05) is 40.1 Å². The fourth-order valence-corrected chi connectivity index (χ4v) is 1.88. The van der Waals surface area contributed by atoms with E-state index < -0.39 is 6.10 Å². The van der Waals surface area contributed by atoms with Crippen molar-refractivity contribution < 1.29 is 19.3 Å². The number of rotatable bonds is 11. The van der Waals surface area contributed by atoms with Crippen molar-refractivity contribution in [3.8, 4) is 5.75 Å². The van der Waals surface area contributed by atoms with Gasteiger partial charge in [-0.15, -0.1) is 0 Å². The highest BCUT2D eigenvalue weighted by Gasteiger charge is 2.09. The van der Waals surface area contributed by atoms with E-state index in [0.717, 1.165) is 11.3 Å². The Morgan fingerprint density at radius 1 is 1.24 bits per heavy atom. The highest BCUT2D eigenvalue weighted by Crippen LogP contribution is 2.18. The van der Waals surface area contributed by atoms with Crippen LogP contribution in [0.3, 0.4) is 0 Å². The molecule has 0 bridgehead atoms. The van der Waals surface area contributed by atoms with Gasteiger partial charge in [-0.2, -0.15) is 0 Å². The van der Waals surface area contributed by atoms with Crippen molar-refractivity contribution in [1.29, 1.82) is 0 Å². The third-order valence-corrected chi connectivity index (χ3v) is 3.14. The number of benzene rings is 1. The van der Waals surface area contributed by atoms with Crippen LogP contribution in [0.5, 0.6) is 5.75 Å². The lowest BCUT2D eigenvalue weighted by Crippen LogP contribution is -2.32. The van der Waals surface area contributed by atoms with Gasteiger partial charge in [-0.3, -0.25) is 0 Å². The molecule has 1 aromatic carbocycles. The minimum atomic E-state index is -0.528. The van der Waals surface area contributed by atoms with E-state index in [0.29, 0.717) is 33.0 Å². The Morgan fingerprint density at radius 3 is 2.71 bits per heavy atom. The monoisotopic (exact) mass is 297 g/mol. The summed E-state index contributed by atoms with van der Waals surface area (Å²) in [6.07, 6.45) is -0.528. The Morgan fingerprint density at radius 2 is 2.00 bits per heavy atom. The first kappa shape index (κ1) is 17.9. The Labute approximate surface area is 127 Å². The fourth-order valence-electron chi connectivity index (χ4n) is 1.88. The molecule has 0 saturated heterocycles. The van der Waals surface area contributed by atoms with Crippen LogP contribution in [-0.2, 0) is 9.47 Å². The molecule has 1 unspecified atom stereocenters. The van der Waals surface area contributed by atoms with Gasteiger partial charge in [-0.25, -0.2) is 0 Å². The van der Waals surface area contributed by atoms with E-state index in [1.807, 2.05) is 31.2 Å². The maximum Gasteiger partial charge on any atom is 0.119 e. The summed E-state index contributed by atoms with van der Waals surface area (Å²) in [5, 5.41) is 13.1. The molecule has 0 aliphatic rings. The highest BCUT2D eigenvalue weighted by atomic mass is 16.5. The van der Waals surface area contributed by atoms with Crippen molar-refractivity contribution in [3.05, 3.63) is 29.8 Å². The first-order valence-electron chi connectivity index (χ1n) is 7.38. The van der Waals surface area contributed by atoms with Gasteiger partial charge in [0.25, 0.3) is 0 Å². The quantitative estimate of drug-likeness (QED) is 0.610. The summed E-state index contributed by atoms with van der Waals surface area (Å²) in [5.41, 5.74) is 1.12. The summed E-state index contributed by atoms with van der Waals surface area (Å²) < 4.78 is 15.7. The zero-order valence-electron chi connectivity index (χ0n) is 13.2. The second kappa shape index (κ2) is 10.6. The second-order valence-corrected chi connectivity index (χ2v) is 4.83. The number of aliphatic hydroxyl groups is 1. The average Bonchev–Trinajstić information content (AvgIpc) is 2.52. The molecule has 0 aromatic heterocycles. The third kappa shape index (κ3) is 7.43. The molecule has 21 heavy (non-hydrogen) atoms. The topological polar surface area (TPSA) is 60.0 Å². The van der Waals surface area contributed by atoms with E-state index in [1.165, 1.54) is 0 Å². The summed E-state index contributed by atoms with van der Waals surface area (Å²) in [5.74, 6) is 0.834. The van der Waals surface area contributed by atoms with E-state index in [2.05, 4.69) is 12.2 Å². The standard InChI is InChI=1S/C16H27NO4/c1-4-20-8-9-21-12-15(18)11-17-13(2)14-6-5-7-16(10-14)19-3/h5-7,10,13,15,17-18H,4,8-9,11-12H2,1-3H3/t13-,15?/m1/s1. The van der Waals surface area contributed by atoms with E-state index in [9.17, 15) is 5.11 Å². The zero-order chi connectivity index (χ0) is 15.5. The molecule has 0 radical (unpaired) electrons. The number of ether oxygens (including phenoxy) is 3. The lowest BCUT2D eigenvalue weighted by atomic mass is 10.1. The molecule has 1 aromatic rings. The molecule has 2 N–H and O–H groups in total. The minimum Gasteiger partial charge on any atom is -0.497 e. The van der Waals surface area contributed by atoms with Crippen LogP contribution in [0, 0.1) is 0 Å². The van der Waals surface area contributed by atoms with Crippen molar-refractivity contribution in [2.45, 2.75) is 26.0 Å². The first-order chi connectivity index (χ1) is 10.2. The van der Waals surface area contributed by atoms with Crippen LogP contribution < -0.4 is 10.1 Å². The second-order valence-electron chi connectivity index (χ2n) is 4.83. The van der Waals surface area contributed by atoms with Crippen molar-refractivity contribution in [3.63, 3.8) is 0 Å². The zero-order valence-corrected chi connectivity index (χ0v) is 13.2. The molecule has 0 spiro atoms. The average molecular weight is 297 g/mol. The molecule has 1 rings (SSSR count). The molecular formula is C16H27NO4. The lowest BCUT2D eigenvalue weighted by Gasteiger charge is -2.18. The maximum absolute atomic E-state index is 9.85. The maximum atomic E-state index is 9.85. The van der Waals surface area contributed by atoms with E-state index in [1.54, 1.807) is 7.11 Å². The summed E-state index contributed by atoms with van der Waals surface area (Å²) in [7, 11) is 1.65. The van der Waals surface area contributed by atoms with Gasteiger partial charge in [-0.05, 0) is 31.5 Å². The van der Waals surface area contributed by atoms with Crippen LogP contribution in [0.2, 0.25) is 0 Å². The summed E-state index contributed by atoms with van der Waals surface area (Å²) in [6, 6.07) is 8.03. The molecular weight excluding hydrogens is 270 g/mol. The molecule has 0 fully saturated rings. The molecule has 0 heterocycles. The number of aliphatic hydroxyl groups excluding tert-OH is 1. The number of nitrogens with one attached hydrogen (secondary N) is 1. The van der Waals surface area contributed by atoms with Gasteiger partial charge in [0, 0.05) is 19.2 Å². The van der Waals surface area contributed by atoms with Crippen LogP contribution in [0.15, 0.2) is 24.3 Å². The predicted molar refractivity (Wildman–Crippen MR) is 82.7 cm³/mol. The van der Waals surface area contributed by atoms with Crippen LogP contribution in [0.25, 0.3) is 0 Å². The summed E-state index contributed by atoms with van der Waals surface area (Å²) in [4.78, 5) is 0. The number of hydrogen-bond donors (Lipinski definition) is 2. The first-order valence-corrected chi connectivity index (χ1v) is 7.38. The highest BCUT2D eigenvalue weighted by molar-refractivity contribution is 5.30. The Hall–Kier alpha value is -1.14. The Balaban J connectivity index is 2.23. The fraction of sp³-hybridized carbons (Fsp3) is 0.625. The molecule has 0 aliphatic carbocycles. The normalized spacial score (nSPS) is 13.9. The van der Waals surface area contributed by atoms with Crippen molar-refractivity contribution in [2.24, 2.45) is 0 Å². The van der Waals surface area contributed by atoms with Crippen LogP contribution in [0.1, 0.15) is 25.5 Å². The number of methoxy groups -OCH3 is 1. The largest absolute Gasteiger partial charge is 0.497 e. The van der Waals surface area contributed by atoms with E-state index >= 15 is 0 Å². The Bertz CT molecular complexity index is 386.